The number of aromatic nitrogens is 1. The van der Waals surface area contributed by atoms with Gasteiger partial charge in [-0.1, -0.05) is 5.16 Å². The molecule has 0 N–H and O–H groups in total. The molecule has 23 heavy (non-hydrogen) atoms. The minimum Gasteiger partial charge on any atom is -0.383 e. The number of halogens is 2. The van der Waals surface area contributed by atoms with E-state index >= 15 is 0 Å². The lowest BCUT2D eigenvalue weighted by atomic mass is 10.0. The number of hydrogen-bond acceptors (Lipinski definition) is 5. The molecule has 3 heterocycles. The van der Waals surface area contributed by atoms with E-state index in [1.54, 1.807) is 22.8 Å². The van der Waals surface area contributed by atoms with E-state index in [4.69, 9.17) is 9.26 Å². The highest BCUT2D eigenvalue weighted by atomic mass is 19.3. The lowest BCUT2D eigenvalue weighted by Gasteiger charge is -2.45. The monoisotopic (exact) mass is 329 g/mol. The van der Waals surface area contributed by atoms with Gasteiger partial charge in [-0.25, -0.2) is 8.78 Å². The number of likely N-dealkylation sites (tertiary alicyclic amines) is 2. The van der Waals surface area contributed by atoms with Gasteiger partial charge in [0.1, 0.15) is 5.76 Å². The van der Waals surface area contributed by atoms with Gasteiger partial charge in [0, 0.05) is 44.8 Å². The van der Waals surface area contributed by atoms with Crippen LogP contribution >= 0.6 is 0 Å². The lowest BCUT2D eigenvalue weighted by molar-refractivity contribution is -0.139. The van der Waals surface area contributed by atoms with Gasteiger partial charge in [-0.2, -0.15) is 0 Å². The Kier molecular flexibility index (Phi) is 4.37. The molecule has 3 rings (SSSR count). The molecule has 1 aromatic heterocycles. The van der Waals surface area contributed by atoms with E-state index in [9.17, 15) is 13.6 Å². The molecule has 1 atom stereocenters. The van der Waals surface area contributed by atoms with Crippen LogP contribution in [0.4, 0.5) is 8.78 Å². The number of carbonyl (C=O) groups is 1. The van der Waals surface area contributed by atoms with Crippen molar-refractivity contribution in [2.45, 2.75) is 37.8 Å². The molecule has 2 saturated heterocycles. The Morgan fingerprint density at radius 1 is 1.52 bits per heavy atom. The van der Waals surface area contributed by atoms with Crippen molar-refractivity contribution in [1.82, 2.24) is 15.0 Å². The van der Waals surface area contributed by atoms with Crippen molar-refractivity contribution >= 4 is 5.91 Å². The fraction of sp³-hybridized carbons (Fsp3) is 0.733. The number of aryl methyl sites for hydroxylation is 1. The molecule has 2 fully saturated rings. The third-order valence-corrected chi connectivity index (χ3v) is 4.46. The maximum Gasteiger partial charge on any atom is 0.262 e. The first-order chi connectivity index (χ1) is 10.9. The Labute approximate surface area is 133 Å². The summed E-state index contributed by atoms with van der Waals surface area (Å²) >= 11 is 0. The Morgan fingerprint density at radius 3 is 2.87 bits per heavy atom. The molecule has 0 unspecified atom stereocenters. The fourth-order valence-electron chi connectivity index (χ4n) is 3.33. The smallest absolute Gasteiger partial charge is 0.262 e. The molecule has 2 aliphatic heterocycles. The summed E-state index contributed by atoms with van der Waals surface area (Å²) in [5.41, 5.74) is 0.732. The summed E-state index contributed by atoms with van der Waals surface area (Å²) in [5, 5.41) is 3.75. The predicted molar refractivity (Wildman–Crippen MR) is 77.2 cm³/mol. The first-order valence-corrected chi connectivity index (χ1v) is 7.70. The number of alkyl halides is 2. The number of amides is 1. The van der Waals surface area contributed by atoms with Gasteiger partial charge in [0.2, 0.25) is 5.91 Å². The first kappa shape index (κ1) is 16.3. The van der Waals surface area contributed by atoms with Crippen LogP contribution in [0.1, 0.15) is 17.9 Å². The number of nitrogens with zero attached hydrogens (tertiary/aromatic N) is 3. The maximum absolute atomic E-state index is 13.6. The minimum atomic E-state index is -2.68. The van der Waals surface area contributed by atoms with Gasteiger partial charge < -0.3 is 14.2 Å². The van der Waals surface area contributed by atoms with Crippen LogP contribution in [0, 0.1) is 6.92 Å². The standard InChI is InChI=1S/C15H21F2N3O3/c1-10-3-13(23-18-10)4-14(21)19-6-12(7-19)20-9-15(16,17)5-11(20)8-22-2/h3,11-12H,4-9H2,1-2H3/t11-/m0/s1. The number of hydrogen-bond donors (Lipinski definition) is 0. The molecule has 0 bridgehead atoms. The molecule has 128 valence electrons. The summed E-state index contributed by atoms with van der Waals surface area (Å²) in [6.07, 6.45) is -0.0200. The number of ether oxygens (including phenoxy) is 1. The van der Waals surface area contributed by atoms with Crippen molar-refractivity contribution < 1.29 is 22.8 Å². The molecule has 1 aromatic rings. The van der Waals surface area contributed by atoms with Crippen molar-refractivity contribution in [2.75, 3.05) is 33.4 Å². The van der Waals surface area contributed by atoms with Gasteiger partial charge in [0.15, 0.2) is 0 Å². The van der Waals surface area contributed by atoms with Crippen LogP contribution in [0.25, 0.3) is 0 Å². The molecule has 0 radical (unpaired) electrons. The summed E-state index contributed by atoms with van der Waals surface area (Å²) in [4.78, 5) is 15.6. The SMILES string of the molecule is COC[C@@H]1CC(F)(F)CN1C1CN(C(=O)Cc2cc(C)no2)C1. The summed E-state index contributed by atoms with van der Waals surface area (Å²) in [6, 6.07) is 1.42. The molecule has 6 nitrogen and oxygen atoms in total. The van der Waals surface area contributed by atoms with Gasteiger partial charge in [-0.3, -0.25) is 9.69 Å². The second kappa shape index (κ2) is 6.16. The average Bonchev–Trinajstić information content (AvgIpc) is 2.92. The first-order valence-electron chi connectivity index (χ1n) is 7.70. The van der Waals surface area contributed by atoms with Crippen molar-refractivity contribution in [3.63, 3.8) is 0 Å². The van der Waals surface area contributed by atoms with Crippen molar-refractivity contribution in [1.29, 1.82) is 0 Å². The molecular formula is C15H21F2N3O3. The molecule has 2 aliphatic rings. The Bertz CT molecular complexity index is 572. The summed E-state index contributed by atoms with van der Waals surface area (Å²) < 4.78 is 37.4. The van der Waals surface area contributed by atoms with E-state index in [2.05, 4.69) is 5.16 Å². The van der Waals surface area contributed by atoms with Crippen LogP contribution in [0.15, 0.2) is 10.6 Å². The van der Waals surface area contributed by atoms with E-state index in [1.807, 2.05) is 0 Å². The topological polar surface area (TPSA) is 58.8 Å². The third-order valence-electron chi connectivity index (χ3n) is 4.46. The highest BCUT2D eigenvalue weighted by molar-refractivity contribution is 5.79. The van der Waals surface area contributed by atoms with Crippen LogP contribution in [0.2, 0.25) is 0 Å². The van der Waals surface area contributed by atoms with Crippen LogP contribution < -0.4 is 0 Å². The zero-order valence-corrected chi connectivity index (χ0v) is 13.3. The highest BCUT2D eigenvalue weighted by Gasteiger charge is 2.50. The van der Waals surface area contributed by atoms with Crippen LogP contribution in [0.3, 0.4) is 0 Å². The van der Waals surface area contributed by atoms with Gasteiger partial charge >= 0.3 is 0 Å². The minimum absolute atomic E-state index is 0.0241. The van der Waals surface area contributed by atoms with E-state index in [1.165, 1.54) is 7.11 Å². The average molecular weight is 329 g/mol. The molecule has 8 heteroatoms. The van der Waals surface area contributed by atoms with Crippen LogP contribution in [-0.2, 0) is 16.0 Å². The van der Waals surface area contributed by atoms with Gasteiger partial charge in [0.25, 0.3) is 5.92 Å². The zero-order chi connectivity index (χ0) is 16.6. The lowest BCUT2D eigenvalue weighted by Crippen LogP contribution is -2.62. The number of rotatable bonds is 5. The van der Waals surface area contributed by atoms with Crippen molar-refractivity contribution in [3.05, 3.63) is 17.5 Å². The van der Waals surface area contributed by atoms with E-state index in [0.29, 0.717) is 18.8 Å². The highest BCUT2D eigenvalue weighted by Crippen LogP contribution is 2.35. The zero-order valence-electron chi connectivity index (χ0n) is 13.3. The molecule has 0 aromatic carbocycles. The second-order valence-corrected chi connectivity index (χ2v) is 6.41. The maximum atomic E-state index is 13.6. The number of carbonyl (C=O) groups excluding carboxylic acids is 1. The molecule has 0 saturated carbocycles. The van der Waals surface area contributed by atoms with Gasteiger partial charge in [0.05, 0.1) is 25.3 Å². The van der Waals surface area contributed by atoms with Crippen LogP contribution in [0.5, 0.6) is 0 Å². The Hall–Kier alpha value is -1.54. The van der Waals surface area contributed by atoms with Gasteiger partial charge in [-0.15, -0.1) is 0 Å². The number of methoxy groups -OCH3 is 1. The van der Waals surface area contributed by atoms with Crippen LogP contribution in [-0.4, -0.2) is 72.2 Å². The normalized spacial score (nSPS) is 24.9. The second-order valence-electron chi connectivity index (χ2n) is 6.41. The molecule has 1 amide bonds. The predicted octanol–water partition coefficient (Wildman–Crippen LogP) is 1.09. The van der Waals surface area contributed by atoms with E-state index < -0.39 is 5.92 Å². The largest absolute Gasteiger partial charge is 0.383 e. The molecule has 0 spiro atoms. The van der Waals surface area contributed by atoms with Crippen molar-refractivity contribution in [3.8, 4) is 0 Å². The quantitative estimate of drug-likeness (QED) is 0.809. The van der Waals surface area contributed by atoms with Crippen molar-refractivity contribution in [2.24, 2.45) is 0 Å². The Morgan fingerprint density at radius 2 is 2.26 bits per heavy atom. The Balaban J connectivity index is 1.52. The fourth-order valence-corrected chi connectivity index (χ4v) is 3.33. The molecule has 0 aliphatic carbocycles. The summed E-state index contributed by atoms with van der Waals surface area (Å²) in [5.74, 6) is -2.21. The third kappa shape index (κ3) is 3.53. The summed E-state index contributed by atoms with van der Waals surface area (Å²) in [7, 11) is 1.52. The van der Waals surface area contributed by atoms with E-state index in [0.717, 1.165) is 5.69 Å². The van der Waals surface area contributed by atoms with E-state index in [-0.39, 0.29) is 44.0 Å². The summed E-state index contributed by atoms with van der Waals surface area (Å²) in [6.45, 7) is 2.78. The van der Waals surface area contributed by atoms with Gasteiger partial charge in [-0.05, 0) is 6.92 Å². The molecular weight excluding hydrogens is 308 g/mol.